The molecule has 0 aliphatic carbocycles. The molecular weight excluding hydrogens is 415 g/mol. The Hall–Kier alpha value is -0.416. The van der Waals surface area contributed by atoms with Crippen LogP contribution in [0.3, 0.4) is 0 Å². The fraction of sp³-hybridized carbons (Fsp3) is 0.571. The van der Waals surface area contributed by atoms with E-state index < -0.39 is 8.89 Å². The summed E-state index contributed by atoms with van der Waals surface area (Å²) in [4.78, 5) is 0. The molecule has 2 aromatic rings. The van der Waals surface area contributed by atoms with Gasteiger partial charge in [0.1, 0.15) is 0 Å². The Morgan fingerprint density at radius 3 is 1.27 bits per heavy atom. The van der Waals surface area contributed by atoms with Crippen molar-refractivity contribution in [3.63, 3.8) is 0 Å². The van der Waals surface area contributed by atoms with Crippen molar-refractivity contribution in [2.75, 3.05) is 0 Å². The normalized spacial score (nSPS) is 72.8. The quantitative estimate of drug-likeness (QED) is 0.344. The van der Waals surface area contributed by atoms with E-state index in [0.717, 1.165) is 3.46 Å². The van der Waals surface area contributed by atoms with Crippen molar-refractivity contribution in [2.45, 2.75) is 83.0 Å². The standard InChI is InChI=1S/C23H26P.C5H5.Ti/c1-15-11-13-22(19(5)17(15)3)24(21-9-7-8-10-21)23-14-12-16(2)18(4)20(23)6;1-2-4-5-3-1;/h7-14H,1-6H3;1-5H;. The molecule has 2 heteroatoms. The second kappa shape index (κ2) is 1.84. The van der Waals surface area contributed by atoms with Crippen molar-refractivity contribution >= 4 is 18.5 Å². The predicted molar refractivity (Wildman–Crippen MR) is 124 cm³/mol. The van der Waals surface area contributed by atoms with Crippen molar-refractivity contribution in [2.24, 2.45) is 0 Å². The van der Waals surface area contributed by atoms with Gasteiger partial charge in [-0.05, 0) is 0 Å². The first-order valence-electron chi connectivity index (χ1n) is 13.1. The Morgan fingerprint density at radius 1 is 0.567 bits per heavy atom. The summed E-state index contributed by atoms with van der Waals surface area (Å²) in [5.74, 6) is 0. The van der Waals surface area contributed by atoms with Crippen molar-refractivity contribution < 1.29 is 8.89 Å². The van der Waals surface area contributed by atoms with Gasteiger partial charge >= 0.3 is 168 Å². The van der Waals surface area contributed by atoms with Crippen LogP contribution in [0.15, 0.2) is 24.3 Å². The molecule has 0 nitrogen and oxygen atoms in total. The maximum absolute atomic E-state index is 3.63. The summed E-state index contributed by atoms with van der Waals surface area (Å²) in [6.07, 6.45) is 0. The molecule has 2 aromatic carbocycles. The van der Waals surface area contributed by atoms with E-state index in [-0.39, 0.29) is 7.92 Å². The van der Waals surface area contributed by atoms with Crippen molar-refractivity contribution in [1.82, 2.24) is 0 Å². The molecule has 152 valence electrons. The summed E-state index contributed by atoms with van der Waals surface area (Å²) in [7, 11) is -3.78. The van der Waals surface area contributed by atoms with E-state index in [1.165, 1.54) is 49.1 Å². The van der Waals surface area contributed by atoms with Gasteiger partial charge in [-0.25, -0.2) is 0 Å². The summed E-state index contributed by atoms with van der Waals surface area (Å²) in [5, 5.41) is 3.67. The Morgan fingerprint density at radius 2 is 0.967 bits per heavy atom. The van der Waals surface area contributed by atoms with Gasteiger partial charge in [-0.1, -0.05) is 0 Å². The topological polar surface area (TPSA) is 0 Å². The summed E-state index contributed by atoms with van der Waals surface area (Å²) in [6.45, 7) is 14.4. The van der Waals surface area contributed by atoms with Crippen LogP contribution in [0, 0.1) is 41.5 Å². The average molecular weight is 446 g/mol. The van der Waals surface area contributed by atoms with Gasteiger partial charge < -0.3 is 0 Å². The Kier molecular flexibility index (Phi) is 0.902. The van der Waals surface area contributed by atoms with Gasteiger partial charge in [0.15, 0.2) is 0 Å². The third-order valence-corrected chi connectivity index (χ3v) is 94.1. The van der Waals surface area contributed by atoms with E-state index in [2.05, 4.69) is 65.8 Å². The van der Waals surface area contributed by atoms with Crippen LogP contribution in [0.5, 0.6) is 0 Å². The number of hydrogen-bond donors (Lipinski definition) is 0. The molecule has 0 saturated carbocycles. The maximum atomic E-state index is 2.63. The molecule has 0 amide bonds. The van der Waals surface area contributed by atoms with E-state index in [0.29, 0.717) is 0 Å². The number of benzene rings is 2. The molecule has 4 atom stereocenters. The minimum absolute atomic E-state index is 0.156. The fourth-order valence-corrected chi connectivity index (χ4v) is 169. The Balaban J connectivity index is 1.25. The summed E-state index contributed by atoms with van der Waals surface area (Å²) in [6, 6.07) is 10.2. The molecule has 12 rings (SSSR count). The molecule has 0 N–H and O–H groups in total. The zero-order valence-electron chi connectivity index (χ0n) is 19.0. The van der Waals surface area contributed by atoms with Crippen molar-refractivity contribution in [1.29, 1.82) is 0 Å². The van der Waals surface area contributed by atoms with Crippen LogP contribution >= 0.6 is 7.92 Å². The van der Waals surface area contributed by atoms with Crippen LogP contribution in [0.25, 0.3) is 0 Å². The average Bonchev–Trinajstić information content (AvgIpc) is 3.67. The van der Waals surface area contributed by atoms with E-state index in [9.17, 15) is 0 Å². The molecule has 10 aliphatic rings. The second-order valence-corrected chi connectivity index (χ2v) is 54.7. The van der Waals surface area contributed by atoms with E-state index >= 15 is 0 Å². The van der Waals surface area contributed by atoms with E-state index in [1.54, 1.807) is 22.3 Å². The van der Waals surface area contributed by atoms with Crippen LogP contribution in [0.1, 0.15) is 33.4 Å². The molecule has 10 saturated heterocycles. The number of hydrogen-bond acceptors (Lipinski definition) is 0. The minimum atomic E-state index is -3.63. The predicted octanol–water partition coefficient (Wildman–Crippen LogP) is 7.27. The molecule has 10 aliphatic heterocycles. The number of rotatable bonds is 3. The molecule has 10 fully saturated rings. The van der Waals surface area contributed by atoms with Gasteiger partial charge in [-0.15, -0.1) is 0 Å². The summed E-state index contributed by atoms with van der Waals surface area (Å²) in [5.41, 5.74) is 9.48. The molecule has 30 heavy (non-hydrogen) atoms. The Labute approximate surface area is 167 Å². The molecule has 0 aromatic heterocycles. The van der Waals surface area contributed by atoms with Crippen LogP contribution in [-0.4, -0.2) is 3.46 Å². The fourth-order valence-electron chi connectivity index (χ4n) is 27.2. The molecule has 10 heterocycles. The van der Waals surface area contributed by atoms with Gasteiger partial charge in [0.25, 0.3) is 0 Å². The van der Waals surface area contributed by atoms with Crippen LogP contribution in [0.2, 0.25) is 38.0 Å². The van der Waals surface area contributed by atoms with Gasteiger partial charge in [0.05, 0.1) is 0 Å². The van der Waals surface area contributed by atoms with Gasteiger partial charge in [-0.3, -0.25) is 0 Å². The van der Waals surface area contributed by atoms with Crippen LogP contribution < -0.4 is 10.6 Å². The monoisotopic (exact) mass is 446 g/mol. The third kappa shape index (κ3) is 0.287. The second-order valence-electron chi connectivity index (χ2n) is 18.4. The SMILES string of the molecule is Cc1ccc(P(c2ccc(C)c(C)c2C)[C]23[CH]4[CH]5[CH]6[CH]2[Ti]56432789[CH]3[CH]2[CH]7[CH]8[CH]39)c(C)c1C. The van der Waals surface area contributed by atoms with E-state index in [1.807, 2.05) is 10.6 Å². The zero-order valence-corrected chi connectivity index (χ0v) is 21.4. The van der Waals surface area contributed by atoms with E-state index in [4.69, 9.17) is 0 Å². The molecular formula is C28H31PTi. The molecule has 0 radical (unpaired) electrons. The van der Waals surface area contributed by atoms with Gasteiger partial charge in [-0.2, -0.15) is 0 Å². The van der Waals surface area contributed by atoms with Crippen LogP contribution in [0.4, 0.5) is 0 Å². The zero-order chi connectivity index (χ0) is 20.0. The van der Waals surface area contributed by atoms with Crippen molar-refractivity contribution in [3.05, 3.63) is 57.6 Å². The van der Waals surface area contributed by atoms with Gasteiger partial charge in [0.2, 0.25) is 0 Å². The van der Waals surface area contributed by atoms with Crippen molar-refractivity contribution in [3.8, 4) is 0 Å². The van der Waals surface area contributed by atoms with Crippen LogP contribution in [-0.2, 0) is 8.89 Å². The first-order valence-corrected chi connectivity index (χ1v) is 23.3. The number of aryl methyl sites for hydroxylation is 2. The first kappa shape index (κ1) is 14.7. The molecule has 4 unspecified atom stereocenters. The van der Waals surface area contributed by atoms with Gasteiger partial charge in [0, 0.05) is 0 Å². The molecule has 1 spiro atoms. The first-order chi connectivity index (χ1) is 14.1. The molecule has 0 bridgehead atoms. The third-order valence-electron chi connectivity index (χ3n) is 25.1. The Bertz CT molecular complexity index is 1620. The summed E-state index contributed by atoms with van der Waals surface area (Å²) >= 11 is 0. The summed E-state index contributed by atoms with van der Waals surface area (Å²) < 4.78 is 13.9. The number of fused-ring (bicyclic) bond motifs is 10.